The maximum atomic E-state index is 12.0. The molecule has 10 nitrogen and oxygen atoms in total. The molecule has 0 aliphatic rings. The van der Waals surface area contributed by atoms with Crippen LogP contribution in [-0.2, 0) is 4.74 Å². The van der Waals surface area contributed by atoms with Gasteiger partial charge in [-0.15, -0.1) is 0 Å². The molecule has 1 aromatic rings. The van der Waals surface area contributed by atoms with Gasteiger partial charge in [-0.1, -0.05) is 24.4 Å². The van der Waals surface area contributed by atoms with Crippen LogP contribution in [0.5, 0.6) is 0 Å². The zero-order valence-electron chi connectivity index (χ0n) is 14.7. The van der Waals surface area contributed by atoms with E-state index in [0.29, 0.717) is 13.2 Å². The molecule has 8 N–H and O–H groups in total. The highest BCUT2D eigenvalue weighted by atomic mass is 35.5. The van der Waals surface area contributed by atoms with Crippen LogP contribution in [0.25, 0.3) is 0 Å². The van der Waals surface area contributed by atoms with Gasteiger partial charge in [-0.25, -0.2) is 9.97 Å². The summed E-state index contributed by atoms with van der Waals surface area (Å²) in [5.74, 6) is -0.897. The summed E-state index contributed by atoms with van der Waals surface area (Å²) < 4.78 is 5.36. The van der Waals surface area contributed by atoms with Gasteiger partial charge >= 0.3 is 0 Å². The van der Waals surface area contributed by atoms with Crippen molar-refractivity contribution in [1.29, 1.82) is 0 Å². The summed E-state index contributed by atoms with van der Waals surface area (Å²) in [6.45, 7) is 2.95. The minimum absolute atomic E-state index is 0.0273. The lowest BCUT2D eigenvalue weighted by molar-refractivity contribution is 0.0231. The van der Waals surface area contributed by atoms with Crippen LogP contribution < -0.4 is 22.5 Å². The maximum absolute atomic E-state index is 12.0. The van der Waals surface area contributed by atoms with Crippen molar-refractivity contribution in [3.05, 3.63) is 10.8 Å². The van der Waals surface area contributed by atoms with Crippen molar-refractivity contribution < 1.29 is 14.6 Å². The van der Waals surface area contributed by atoms with Crippen LogP contribution in [0, 0.1) is 0 Å². The maximum Gasteiger partial charge on any atom is 0.280 e. The Morgan fingerprint density at radius 2 is 1.96 bits per heavy atom. The van der Waals surface area contributed by atoms with Gasteiger partial charge < -0.3 is 27.0 Å². The summed E-state index contributed by atoms with van der Waals surface area (Å²) in [6.07, 6.45) is 3.54. The van der Waals surface area contributed by atoms with Gasteiger partial charge in [0.05, 0.1) is 12.7 Å². The Bertz CT molecular complexity index is 628. The number of carbonyl (C=O) groups is 1. The van der Waals surface area contributed by atoms with E-state index in [2.05, 4.69) is 20.3 Å². The first-order valence-electron chi connectivity index (χ1n) is 8.27. The predicted octanol–water partition coefficient (Wildman–Crippen LogP) is 0.297. The molecule has 1 atom stereocenters. The molecule has 1 rings (SSSR count). The zero-order chi connectivity index (χ0) is 19.5. The van der Waals surface area contributed by atoms with Crippen molar-refractivity contribution in [2.24, 2.45) is 10.7 Å². The second-order valence-electron chi connectivity index (χ2n) is 5.63. The Hall–Kier alpha value is -2.17. The molecule has 0 spiro atoms. The number of unbranched alkanes of at least 4 members (excludes halogenated alkanes) is 3. The highest BCUT2D eigenvalue weighted by Gasteiger charge is 2.16. The number of aliphatic hydroxyl groups excluding tert-OH is 1. The second kappa shape index (κ2) is 11.4. The lowest BCUT2D eigenvalue weighted by Gasteiger charge is -2.09. The molecule has 146 valence electrons. The van der Waals surface area contributed by atoms with Gasteiger partial charge in [-0.05, 0) is 19.8 Å². The molecule has 1 heterocycles. The summed E-state index contributed by atoms with van der Waals surface area (Å²) >= 11 is 5.73. The monoisotopic (exact) mass is 387 g/mol. The second-order valence-corrected chi connectivity index (χ2v) is 5.99. The molecule has 1 amide bonds. The van der Waals surface area contributed by atoms with Gasteiger partial charge in [-0.3, -0.25) is 15.1 Å². The highest BCUT2D eigenvalue weighted by Crippen LogP contribution is 2.17. The summed E-state index contributed by atoms with van der Waals surface area (Å²) in [5.41, 5.74) is 16.6. The fourth-order valence-corrected chi connectivity index (χ4v) is 2.05. The summed E-state index contributed by atoms with van der Waals surface area (Å²) in [5, 5.41) is 11.1. The fourth-order valence-electron chi connectivity index (χ4n) is 1.93. The number of nitrogen functional groups attached to an aromatic ring is 2. The Morgan fingerprint density at radius 3 is 2.65 bits per heavy atom. The third-order valence-corrected chi connectivity index (χ3v) is 3.63. The molecule has 0 aliphatic carbocycles. The minimum atomic E-state index is -0.659. The van der Waals surface area contributed by atoms with E-state index in [-0.39, 0.29) is 41.2 Å². The van der Waals surface area contributed by atoms with E-state index < -0.39 is 5.91 Å². The molecular formula is C15H26ClN7O3. The SMILES string of the molecule is CC(CO)OCCCCCCN=C(N)NC(=O)c1nc(Cl)c(N)nc1N. The number of ether oxygens (including phenoxy) is 1. The number of guanidine groups is 1. The third kappa shape index (κ3) is 7.81. The number of amides is 1. The standard InChI is InChI=1S/C15H26ClN7O3/c1-9(8-24)26-7-5-3-2-4-6-20-15(19)23-14(25)10-12(17)22-13(18)11(16)21-10/h9,24H,2-8H2,1H3,(H4,17,18,22)(H3,19,20,23,25). The third-order valence-electron chi connectivity index (χ3n) is 3.36. The average molecular weight is 388 g/mol. The van der Waals surface area contributed by atoms with Crippen molar-refractivity contribution in [3.63, 3.8) is 0 Å². The number of hydrogen-bond donors (Lipinski definition) is 5. The van der Waals surface area contributed by atoms with Crippen LogP contribution >= 0.6 is 11.6 Å². The van der Waals surface area contributed by atoms with Crippen molar-refractivity contribution >= 4 is 35.1 Å². The van der Waals surface area contributed by atoms with Gasteiger partial charge in [0.1, 0.15) is 0 Å². The molecule has 0 saturated heterocycles. The normalized spacial score (nSPS) is 12.8. The molecule has 1 aromatic heterocycles. The smallest absolute Gasteiger partial charge is 0.280 e. The van der Waals surface area contributed by atoms with Crippen molar-refractivity contribution in [2.75, 3.05) is 31.2 Å². The van der Waals surface area contributed by atoms with Crippen molar-refractivity contribution in [1.82, 2.24) is 15.3 Å². The number of anilines is 2. The molecule has 0 radical (unpaired) electrons. The number of nitrogens with two attached hydrogens (primary N) is 3. The first-order valence-corrected chi connectivity index (χ1v) is 8.65. The molecule has 26 heavy (non-hydrogen) atoms. The number of nitrogens with one attached hydrogen (secondary N) is 1. The van der Waals surface area contributed by atoms with E-state index in [1.165, 1.54) is 0 Å². The lowest BCUT2D eigenvalue weighted by atomic mass is 10.2. The molecule has 0 fully saturated rings. The Labute approximate surface area is 157 Å². The van der Waals surface area contributed by atoms with Crippen molar-refractivity contribution in [3.8, 4) is 0 Å². The number of rotatable bonds is 10. The van der Waals surface area contributed by atoms with Crippen LogP contribution in [0.3, 0.4) is 0 Å². The highest BCUT2D eigenvalue weighted by molar-refractivity contribution is 6.31. The van der Waals surface area contributed by atoms with Gasteiger partial charge in [0.2, 0.25) is 0 Å². The molecule has 0 aliphatic heterocycles. The number of nitrogens with zero attached hydrogens (tertiary/aromatic N) is 3. The summed E-state index contributed by atoms with van der Waals surface area (Å²) in [7, 11) is 0. The predicted molar refractivity (Wildman–Crippen MR) is 101 cm³/mol. The lowest BCUT2D eigenvalue weighted by Crippen LogP contribution is -2.38. The fraction of sp³-hybridized carbons (Fsp3) is 0.600. The molecule has 1 unspecified atom stereocenters. The number of aromatic nitrogens is 2. The van der Waals surface area contributed by atoms with E-state index >= 15 is 0 Å². The van der Waals surface area contributed by atoms with E-state index in [1.807, 2.05) is 6.92 Å². The average Bonchev–Trinajstić information content (AvgIpc) is 2.59. The Morgan fingerprint density at radius 1 is 1.27 bits per heavy atom. The topological polar surface area (TPSA) is 175 Å². The largest absolute Gasteiger partial charge is 0.394 e. The Balaban J connectivity index is 2.29. The number of halogens is 1. The van der Waals surface area contributed by atoms with Gasteiger partial charge in [0.25, 0.3) is 5.91 Å². The van der Waals surface area contributed by atoms with Crippen LogP contribution in [0.1, 0.15) is 43.1 Å². The zero-order valence-corrected chi connectivity index (χ0v) is 15.5. The molecule has 0 bridgehead atoms. The molecular weight excluding hydrogens is 362 g/mol. The number of aliphatic imine (C=N–C) groups is 1. The van der Waals surface area contributed by atoms with Crippen molar-refractivity contribution in [2.45, 2.75) is 38.7 Å². The van der Waals surface area contributed by atoms with E-state index in [9.17, 15) is 4.79 Å². The van der Waals surface area contributed by atoms with Crippen LogP contribution in [0.15, 0.2) is 4.99 Å². The van der Waals surface area contributed by atoms with Crippen LogP contribution in [0.4, 0.5) is 11.6 Å². The molecule has 11 heteroatoms. The van der Waals surface area contributed by atoms with Crippen LogP contribution in [0.2, 0.25) is 5.15 Å². The summed E-state index contributed by atoms with van der Waals surface area (Å²) in [6, 6.07) is 0. The van der Waals surface area contributed by atoms with Gasteiger partial charge in [-0.2, -0.15) is 0 Å². The minimum Gasteiger partial charge on any atom is -0.394 e. The van der Waals surface area contributed by atoms with E-state index in [4.69, 9.17) is 38.6 Å². The first kappa shape index (κ1) is 21.9. The molecule has 0 aromatic carbocycles. The summed E-state index contributed by atoms with van der Waals surface area (Å²) in [4.78, 5) is 23.6. The van der Waals surface area contributed by atoms with E-state index in [0.717, 1.165) is 25.7 Å². The quantitative estimate of drug-likeness (QED) is 0.216. The Kier molecular flexibility index (Phi) is 9.63. The first-order chi connectivity index (χ1) is 12.3. The van der Waals surface area contributed by atoms with Gasteiger partial charge in [0.15, 0.2) is 28.4 Å². The number of carbonyl (C=O) groups excluding carboxylic acids is 1. The molecule has 0 saturated carbocycles. The van der Waals surface area contributed by atoms with Gasteiger partial charge in [0, 0.05) is 13.2 Å². The number of aliphatic hydroxyl groups is 1. The number of hydrogen-bond acceptors (Lipinski definition) is 8. The van der Waals surface area contributed by atoms with E-state index in [1.54, 1.807) is 0 Å². The van der Waals surface area contributed by atoms with Crippen LogP contribution in [-0.4, -0.2) is 52.8 Å².